The van der Waals surface area contributed by atoms with E-state index in [4.69, 9.17) is 5.73 Å². The summed E-state index contributed by atoms with van der Waals surface area (Å²) in [6, 6.07) is 2.17. The lowest BCUT2D eigenvalue weighted by molar-refractivity contribution is 0.118. The monoisotopic (exact) mass is 241 g/mol. The third-order valence-electron chi connectivity index (χ3n) is 1.19. The molecule has 1 heterocycles. The Morgan fingerprint density at radius 3 is 2.45 bits per heavy atom. The molecule has 1 aromatic heterocycles. The van der Waals surface area contributed by atoms with Gasteiger partial charge in [0.2, 0.25) is 0 Å². The van der Waals surface area contributed by atoms with Gasteiger partial charge in [0, 0.05) is 4.88 Å². The summed E-state index contributed by atoms with van der Waals surface area (Å²) < 4.78 is 24.8. The Morgan fingerprint density at radius 1 is 1.45 bits per heavy atom. The maximum atomic E-state index is 12.0. The fourth-order valence-electron chi connectivity index (χ4n) is 0.632. The summed E-state index contributed by atoms with van der Waals surface area (Å²) in [5.41, 5.74) is 5.19. The molecule has 1 atom stereocenters. The first-order valence-electron chi connectivity index (χ1n) is 2.90. The van der Waals surface area contributed by atoms with E-state index in [1.807, 2.05) is 0 Å². The maximum absolute atomic E-state index is 12.0. The van der Waals surface area contributed by atoms with Crippen LogP contribution in [0, 0.1) is 0 Å². The van der Waals surface area contributed by atoms with Gasteiger partial charge in [-0.2, -0.15) is 0 Å². The second-order valence-corrected chi connectivity index (χ2v) is 4.50. The lowest BCUT2D eigenvalue weighted by atomic mass is 10.3. The number of alkyl halides is 2. The molecule has 1 unspecified atom stereocenters. The molecule has 5 heteroatoms. The largest absolute Gasteiger partial charge is 0.319 e. The molecular weight excluding hydrogens is 236 g/mol. The van der Waals surface area contributed by atoms with Crippen LogP contribution in [-0.2, 0) is 0 Å². The molecule has 0 aliphatic heterocycles. The average molecular weight is 242 g/mol. The van der Waals surface area contributed by atoms with Crippen molar-refractivity contribution in [3.63, 3.8) is 0 Å². The topological polar surface area (TPSA) is 26.0 Å². The minimum absolute atomic E-state index is 0.506. The van der Waals surface area contributed by atoms with E-state index in [1.54, 1.807) is 12.1 Å². The highest BCUT2D eigenvalue weighted by Gasteiger charge is 2.18. The summed E-state index contributed by atoms with van der Waals surface area (Å²) in [4.78, 5) is 0.506. The fraction of sp³-hybridized carbons (Fsp3) is 0.333. The fourth-order valence-corrected chi connectivity index (χ4v) is 2.06. The first-order chi connectivity index (χ1) is 5.11. The molecule has 0 fully saturated rings. The molecule has 1 rings (SSSR count). The Bertz CT molecular complexity index is 238. The minimum Gasteiger partial charge on any atom is -0.319 e. The van der Waals surface area contributed by atoms with Crippen LogP contribution in [0.1, 0.15) is 10.9 Å². The Morgan fingerprint density at radius 2 is 2.09 bits per heavy atom. The predicted molar refractivity (Wildman–Crippen MR) is 45.0 cm³/mol. The molecule has 0 amide bonds. The number of hydrogen-bond donors (Lipinski definition) is 1. The zero-order chi connectivity index (χ0) is 8.43. The van der Waals surface area contributed by atoms with Crippen molar-refractivity contribution in [1.29, 1.82) is 0 Å². The Kier molecular flexibility index (Phi) is 2.98. The van der Waals surface area contributed by atoms with Gasteiger partial charge in [0.15, 0.2) is 0 Å². The molecule has 0 bridgehead atoms. The molecule has 0 aliphatic rings. The van der Waals surface area contributed by atoms with Crippen molar-refractivity contribution in [2.24, 2.45) is 5.73 Å². The highest BCUT2D eigenvalue weighted by Crippen LogP contribution is 2.28. The molecule has 1 nitrogen and oxygen atoms in total. The average Bonchev–Trinajstić information content (AvgIpc) is 2.34. The molecule has 0 saturated carbocycles. The molecule has 11 heavy (non-hydrogen) atoms. The predicted octanol–water partition coefficient (Wildman–Crippen LogP) is 2.78. The van der Waals surface area contributed by atoms with E-state index in [2.05, 4.69) is 15.9 Å². The summed E-state index contributed by atoms with van der Waals surface area (Å²) in [5.74, 6) is 0. The van der Waals surface area contributed by atoms with Crippen LogP contribution in [0.3, 0.4) is 0 Å². The summed E-state index contributed by atoms with van der Waals surface area (Å²) in [5, 5.41) is 0. The maximum Gasteiger partial charge on any atom is 0.258 e. The van der Waals surface area contributed by atoms with Crippen LogP contribution in [0.15, 0.2) is 15.9 Å². The van der Waals surface area contributed by atoms with Gasteiger partial charge in [0.05, 0.1) is 3.79 Å². The molecule has 0 aromatic carbocycles. The second kappa shape index (κ2) is 3.60. The Labute approximate surface area is 75.3 Å². The molecule has 2 N–H and O–H groups in total. The van der Waals surface area contributed by atoms with Crippen LogP contribution in [0.4, 0.5) is 8.78 Å². The number of rotatable bonds is 2. The van der Waals surface area contributed by atoms with E-state index in [1.165, 1.54) is 11.3 Å². The van der Waals surface area contributed by atoms with Gasteiger partial charge < -0.3 is 5.73 Å². The van der Waals surface area contributed by atoms with Crippen LogP contribution < -0.4 is 5.73 Å². The van der Waals surface area contributed by atoms with E-state index in [9.17, 15) is 8.78 Å². The molecule has 0 saturated heterocycles. The molecular formula is C6H6BrF2NS. The van der Waals surface area contributed by atoms with Crippen LogP contribution in [-0.4, -0.2) is 6.43 Å². The van der Waals surface area contributed by atoms with Gasteiger partial charge in [-0.05, 0) is 28.1 Å². The van der Waals surface area contributed by atoms with Crippen LogP contribution in [0.5, 0.6) is 0 Å². The van der Waals surface area contributed by atoms with E-state index in [0.29, 0.717) is 4.88 Å². The van der Waals surface area contributed by atoms with Gasteiger partial charge in [-0.25, -0.2) is 8.78 Å². The zero-order valence-corrected chi connectivity index (χ0v) is 7.83. The number of halogens is 3. The van der Waals surface area contributed by atoms with Crippen molar-refractivity contribution in [2.45, 2.75) is 12.5 Å². The summed E-state index contributed by atoms with van der Waals surface area (Å²) >= 11 is 4.40. The third kappa shape index (κ3) is 2.21. The van der Waals surface area contributed by atoms with Gasteiger partial charge in [0.25, 0.3) is 6.43 Å². The smallest absolute Gasteiger partial charge is 0.258 e. The zero-order valence-electron chi connectivity index (χ0n) is 5.43. The first kappa shape index (κ1) is 9.09. The summed E-state index contributed by atoms with van der Waals surface area (Å²) in [7, 11) is 0. The summed E-state index contributed by atoms with van der Waals surface area (Å²) in [6.45, 7) is 0. The molecule has 0 aliphatic carbocycles. The van der Waals surface area contributed by atoms with Gasteiger partial charge in [-0.1, -0.05) is 0 Å². The number of nitrogens with two attached hydrogens (primary N) is 1. The molecule has 62 valence electrons. The molecule has 0 radical (unpaired) electrons. The van der Waals surface area contributed by atoms with Crippen LogP contribution in [0.2, 0.25) is 0 Å². The first-order valence-corrected chi connectivity index (χ1v) is 4.51. The van der Waals surface area contributed by atoms with Crippen molar-refractivity contribution in [3.8, 4) is 0 Å². The van der Waals surface area contributed by atoms with Gasteiger partial charge >= 0.3 is 0 Å². The van der Waals surface area contributed by atoms with E-state index in [0.717, 1.165) is 3.79 Å². The van der Waals surface area contributed by atoms with Crippen LogP contribution in [0.25, 0.3) is 0 Å². The van der Waals surface area contributed by atoms with E-state index in [-0.39, 0.29) is 0 Å². The van der Waals surface area contributed by atoms with Gasteiger partial charge in [-0.15, -0.1) is 11.3 Å². The summed E-state index contributed by atoms with van der Waals surface area (Å²) in [6.07, 6.45) is -2.49. The van der Waals surface area contributed by atoms with Gasteiger partial charge in [-0.3, -0.25) is 0 Å². The normalized spacial score (nSPS) is 13.9. The third-order valence-corrected chi connectivity index (χ3v) is 2.92. The van der Waals surface area contributed by atoms with Crippen molar-refractivity contribution < 1.29 is 8.78 Å². The lowest BCUT2D eigenvalue weighted by Gasteiger charge is -2.05. The van der Waals surface area contributed by atoms with Gasteiger partial charge in [0.1, 0.15) is 6.04 Å². The number of hydrogen-bond acceptors (Lipinski definition) is 2. The standard InChI is InChI=1S/C6H6BrF2NS/c7-4-2-1-3(11-4)5(10)6(8)9/h1-2,5-6H,10H2. The van der Waals surface area contributed by atoms with Crippen molar-refractivity contribution in [2.75, 3.05) is 0 Å². The van der Waals surface area contributed by atoms with E-state index < -0.39 is 12.5 Å². The molecule has 0 spiro atoms. The Balaban J connectivity index is 2.76. The SMILES string of the molecule is NC(c1ccc(Br)s1)C(F)F. The molecule has 1 aromatic rings. The minimum atomic E-state index is -2.49. The number of thiophene rings is 1. The van der Waals surface area contributed by atoms with Crippen molar-refractivity contribution in [1.82, 2.24) is 0 Å². The van der Waals surface area contributed by atoms with Crippen molar-refractivity contribution in [3.05, 3.63) is 20.8 Å². The van der Waals surface area contributed by atoms with Crippen molar-refractivity contribution >= 4 is 27.3 Å². The van der Waals surface area contributed by atoms with E-state index >= 15 is 0 Å². The Hall–Kier alpha value is -0.0000000000000000833. The second-order valence-electron chi connectivity index (χ2n) is 2.00. The highest BCUT2D eigenvalue weighted by molar-refractivity contribution is 9.11. The quantitative estimate of drug-likeness (QED) is 0.847. The highest BCUT2D eigenvalue weighted by atomic mass is 79.9. The lowest BCUT2D eigenvalue weighted by Crippen LogP contribution is -2.17. The van der Waals surface area contributed by atoms with Crippen LogP contribution >= 0.6 is 27.3 Å².